The van der Waals surface area contributed by atoms with Gasteiger partial charge in [0.05, 0.1) is 16.6 Å². The molecule has 0 aromatic heterocycles. The Hall–Kier alpha value is -3.59. The molecule has 4 rings (SSSR count). The van der Waals surface area contributed by atoms with Gasteiger partial charge in [-0.3, -0.25) is 9.10 Å². The highest BCUT2D eigenvalue weighted by Crippen LogP contribution is 2.34. The molecule has 184 valence electrons. The third-order valence-electron chi connectivity index (χ3n) is 5.77. The number of halogens is 1. The van der Waals surface area contributed by atoms with Gasteiger partial charge >= 0.3 is 0 Å². The molecule has 3 aromatic carbocycles. The van der Waals surface area contributed by atoms with Gasteiger partial charge in [0.15, 0.2) is 11.5 Å². The van der Waals surface area contributed by atoms with Crippen molar-refractivity contribution >= 4 is 21.6 Å². The second-order valence-corrected chi connectivity index (χ2v) is 10.0. The average molecular weight is 499 g/mol. The molecule has 0 radical (unpaired) electrons. The number of benzene rings is 3. The number of hydrogen-bond donors (Lipinski definition) is 1. The summed E-state index contributed by atoms with van der Waals surface area (Å²) in [5.41, 5.74) is 2.25. The van der Waals surface area contributed by atoms with Gasteiger partial charge in [-0.1, -0.05) is 31.2 Å². The Kier molecular flexibility index (Phi) is 7.25. The molecule has 0 unspecified atom stereocenters. The predicted molar refractivity (Wildman–Crippen MR) is 131 cm³/mol. The van der Waals surface area contributed by atoms with Crippen LogP contribution in [-0.4, -0.2) is 34.1 Å². The molecule has 3 aromatic rings. The number of fused-ring (bicyclic) bond motifs is 1. The fraction of sp³-hybridized carbons (Fsp3) is 0.269. The third kappa shape index (κ3) is 5.57. The monoisotopic (exact) mass is 498 g/mol. The lowest BCUT2D eigenvalue weighted by Gasteiger charge is -2.26. The van der Waals surface area contributed by atoms with Gasteiger partial charge in [0.25, 0.3) is 10.0 Å². The molecule has 0 saturated carbocycles. The summed E-state index contributed by atoms with van der Waals surface area (Å²) in [7, 11) is -4.19. The SMILES string of the molecule is CCc1ccc([C@H](C)NC(=O)CN(c2ccc(F)cc2)S(=O)(=O)c2ccc3c(c2)OCCO3)cc1. The highest BCUT2D eigenvalue weighted by molar-refractivity contribution is 7.92. The maximum atomic E-state index is 13.6. The second kappa shape index (κ2) is 10.4. The van der Waals surface area contributed by atoms with E-state index in [0.29, 0.717) is 24.7 Å². The van der Waals surface area contributed by atoms with Crippen LogP contribution in [-0.2, 0) is 21.2 Å². The van der Waals surface area contributed by atoms with Crippen molar-refractivity contribution in [2.45, 2.75) is 31.2 Å². The topological polar surface area (TPSA) is 84.9 Å². The van der Waals surface area contributed by atoms with Gasteiger partial charge in [-0.15, -0.1) is 0 Å². The van der Waals surface area contributed by atoms with E-state index in [4.69, 9.17) is 9.47 Å². The molecular weight excluding hydrogens is 471 g/mol. The fourth-order valence-electron chi connectivity index (χ4n) is 3.78. The quantitative estimate of drug-likeness (QED) is 0.502. The van der Waals surface area contributed by atoms with Crippen molar-refractivity contribution in [1.29, 1.82) is 0 Å². The smallest absolute Gasteiger partial charge is 0.264 e. The summed E-state index contributed by atoms with van der Waals surface area (Å²) in [4.78, 5) is 12.9. The third-order valence-corrected chi connectivity index (χ3v) is 7.54. The molecule has 0 aliphatic carbocycles. The summed E-state index contributed by atoms with van der Waals surface area (Å²) in [6.07, 6.45) is 0.908. The maximum absolute atomic E-state index is 13.6. The van der Waals surface area contributed by atoms with Crippen molar-refractivity contribution in [3.8, 4) is 11.5 Å². The van der Waals surface area contributed by atoms with Crippen LogP contribution in [0.15, 0.2) is 71.6 Å². The Bertz CT molecular complexity index is 1290. The number of ether oxygens (including phenoxy) is 2. The Morgan fingerprint density at radius 3 is 2.31 bits per heavy atom. The van der Waals surface area contributed by atoms with Gasteiger partial charge in [-0.2, -0.15) is 0 Å². The second-order valence-electron chi connectivity index (χ2n) is 8.18. The Labute approximate surface area is 204 Å². The Morgan fingerprint density at radius 1 is 1.00 bits per heavy atom. The highest BCUT2D eigenvalue weighted by Gasteiger charge is 2.29. The van der Waals surface area contributed by atoms with Crippen molar-refractivity contribution < 1.29 is 27.1 Å². The van der Waals surface area contributed by atoms with Crippen LogP contribution in [0.25, 0.3) is 0 Å². The zero-order chi connectivity index (χ0) is 25.0. The van der Waals surface area contributed by atoms with Crippen LogP contribution in [0.2, 0.25) is 0 Å². The summed E-state index contributed by atoms with van der Waals surface area (Å²) in [6, 6.07) is 16.8. The number of carbonyl (C=O) groups excluding carboxylic acids is 1. The van der Waals surface area contributed by atoms with Crippen LogP contribution >= 0.6 is 0 Å². The minimum absolute atomic E-state index is 0.0675. The average Bonchev–Trinajstić information content (AvgIpc) is 2.87. The molecule has 35 heavy (non-hydrogen) atoms. The summed E-state index contributed by atoms with van der Waals surface area (Å²) < 4.78 is 52.8. The number of nitrogens with zero attached hydrogens (tertiary/aromatic N) is 1. The molecule has 7 nitrogen and oxygen atoms in total. The van der Waals surface area contributed by atoms with E-state index in [2.05, 4.69) is 12.2 Å². The maximum Gasteiger partial charge on any atom is 0.264 e. The molecule has 9 heteroatoms. The molecule has 0 saturated heterocycles. The lowest BCUT2D eigenvalue weighted by atomic mass is 10.1. The van der Waals surface area contributed by atoms with Crippen LogP contribution in [0.4, 0.5) is 10.1 Å². The number of sulfonamides is 1. The van der Waals surface area contributed by atoms with Gasteiger partial charge in [-0.05, 0) is 60.9 Å². The standard InChI is InChI=1S/C26H27FN2O5S/c1-3-19-4-6-20(7-5-19)18(2)28-26(30)17-29(22-10-8-21(27)9-11-22)35(31,32)23-12-13-24-25(16-23)34-15-14-33-24/h4-13,16,18H,3,14-15,17H2,1-2H3,(H,28,30)/t18-/m0/s1. The normalized spacial score (nSPS) is 13.7. The van der Waals surface area contributed by atoms with E-state index >= 15 is 0 Å². The molecule has 0 fully saturated rings. The molecule has 0 spiro atoms. The molecular formula is C26H27FN2O5S. The number of aryl methyl sites for hydroxylation is 1. The molecule has 0 bridgehead atoms. The molecule has 1 atom stereocenters. The number of amides is 1. The van der Waals surface area contributed by atoms with E-state index in [0.717, 1.165) is 28.4 Å². The van der Waals surface area contributed by atoms with Gasteiger partial charge in [0, 0.05) is 6.07 Å². The summed E-state index contributed by atoms with van der Waals surface area (Å²) >= 11 is 0. The van der Waals surface area contributed by atoms with Crippen molar-refractivity contribution in [3.63, 3.8) is 0 Å². The van der Waals surface area contributed by atoms with E-state index in [1.807, 2.05) is 31.2 Å². The molecule has 1 amide bonds. The first-order chi connectivity index (χ1) is 16.8. The van der Waals surface area contributed by atoms with Crippen LogP contribution < -0.4 is 19.1 Å². The molecule has 1 aliphatic heterocycles. The Morgan fingerprint density at radius 2 is 1.66 bits per heavy atom. The minimum atomic E-state index is -4.19. The summed E-state index contributed by atoms with van der Waals surface area (Å²) in [5.74, 6) is -0.254. The zero-order valence-corrected chi connectivity index (χ0v) is 20.3. The summed E-state index contributed by atoms with van der Waals surface area (Å²) in [5, 5.41) is 2.85. The summed E-state index contributed by atoms with van der Waals surface area (Å²) in [6.45, 7) is 4.08. The number of nitrogens with one attached hydrogen (secondary N) is 1. The van der Waals surface area contributed by atoms with Crippen LogP contribution in [0.1, 0.15) is 31.0 Å². The molecule has 1 heterocycles. The van der Waals surface area contributed by atoms with Crippen molar-refractivity contribution in [2.75, 3.05) is 24.1 Å². The largest absolute Gasteiger partial charge is 0.486 e. The Balaban J connectivity index is 1.60. The van der Waals surface area contributed by atoms with E-state index in [-0.39, 0.29) is 16.6 Å². The number of anilines is 1. The lowest BCUT2D eigenvalue weighted by Crippen LogP contribution is -2.41. The minimum Gasteiger partial charge on any atom is -0.486 e. The first-order valence-electron chi connectivity index (χ1n) is 11.3. The van der Waals surface area contributed by atoms with Crippen LogP contribution in [0, 0.1) is 5.82 Å². The van der Waals surface area contributed by atoms with E-state index in [9.17, 15) is 17.6 Å². The van der Waals surface area contributed by atoms with E-state index < -0.39 is 28.3 Å². The molecule has 1 N–H and O–H groups in total. The lowest BCUT2D eigenvalue weighted by molar-refractivity contribution is -0.120. The van der Waals surface area contributed by atoms with Gasteiger partial charge in [0.2, 0.25) is 5.91 Å². The number of carbonyl (C=O) groups is 1. The first kappa shape index (κ1) is 24.5. The number of rotatable bonds is 8. The highest BCUT2D eigenvalue weighted by atomic mass is 32.2. The van der Waals surface area contributed by atoms with Gasteiger partial charge < -0.3 is 14.8 Å². The van der Waals surface area contributed by atoms with E-state index in [1.54, 1.807) is 0 Å². The fourth-order valence-corrected chi connectivity index (χ4v) is 5.21. The zero-order valence-electron chi connectivity index (χ0n) is 19.5. The van der Waals surface area contributed by atoms with Gasteiger partial charge in [0.1, 0.15) is 25.6 Å². The predicted octanol–water partition coefficient (Wildman–Crippen LogP) is 4.23. The van der Waals surface area contributed by atoms with Gasteiger partial charge in [-0.25, -0.2) is 12.8 Å². The van der Waals surface area contributed by atoms with Crippen molar-refractivity contribution in [3.05, 3.63) is 83.7 Å². The van der Waals surface area contributed by atoms with E-state index in [1.165, 1.54) is 35.9 Å². The van der Waals surface area contributed by atoms with Crippen LogP contribution in [0.5, 0.6) is 11.5 Å². The number of hydrogen-bond acceptors (Lipinski definition) is 5. The first-order valence-corrected chi connectivity index (χ1v) is 12.8. The molecule has 1 aliphatic rings. The van der Waals surface area contributed by atoms with Crippen LogP contribution in [0.3, 0.4) is 0 Å². The van der Waals surface area contributed by atoms with Crippen molar-refractivity contribution in [1.82, 2.24) is 5.32 Å². The van der Waals surface area contributed by atoms with Crippen molar-refractivity contribution in [2.24, 2.45) is 0 Å².